The Hall–Kier alpha value is -0.580. The second-order valence-corrected chi connectivity index (χ2v) is 5.42. The number of thioether (sulfide) groups is 1. The number of nitrogens with one attached hydrogen (secondary N) is 1. The molecule has 2 rings (SSSR count). The maximum atomic E-state index is 13.7. The molecule has 88 valence electrons. The van der Waals surface area contributed by atoms with Crippen LogP contribution in [0.15, 0.2) is 24.3 Å². The molecule has 0 aromatic heterocycles. The minimum atomic E-state index is -0.170. The molecule has 2 atom stereocenters. The van der Waals surface area contributed by atoms with Crippen LogP contribution in [-0.2, 0) is 0 Å². The van der Waals surface area contributed by atoms with Gasteiger partial charge in [-0.1, -0.05) is 24.6 Å². The summed E-state index contributed by atoms with van der Waals surface area (Å²) in [6.07, 6.45) is 3.58. The van der Waals surface area contributed by atoms with Crippen molar-refractivity contribution in [2.45, 2.75) is 30.6 Å². The summed E-state index contributed by atoms with van der Waals surface area (Å²) in [7, 11) is 0. The van der Waals surface area contributed by atoms with Gasteiger partial charge < -0.3 is 0 Å². The molecule has 0 radical (unpaired) electrons. The standard InChI is InChI=1S/C12H17FN2S/c13-10-6-2-1-5-9(10)12(15-14)11-7-3-4-8-16-11/h1-2,5-6,11-12,15H,3-4,7-8,14H2. The van der Waals surface area contributed by atoms with Crippen molar-refractivity contribution in [2.24, 2.45) is 5.84 Å². The van der Waals surface area contributed by atoms with E-state index in [1.807, 2.05) is 23.9 Å². The highest BCUT2D eigenvalue weighted by Gasteiger charge is 2.26. The first-order valence-corrected chi connectivity index (χ1v) is 6.70. The van der Waals surface area contributed by atoms with Crippen LogP contribution in [0.25, 0.3) is 0 Å². The summed E-state index contributed by atoms with van der Waals surface area (Å²) in [5.41, 5.74) is 3.45. The van der Waals surface area contributed by atoms with Crippen molar-refractivity contribution in [3.63, 3.8) is 0 Å². The van der Waals surface area contributed by atoms with Crippen LogP contribution < -0.4 is 11.3 Å². The normalized spacial score (nSPS) is 23.0. The number of benzene rings is 1. The van der Waals surface area contributed by atoms with E-state index in [0.717, 1.165) is 12.2 Å². The summed E-state index contributed by atoms with van der Waals surface area (Å²) in [6, 6.07) is 6.80. The molecule has 0 saturated carbocycles. The largest absolute Gasteiger partial charge is 0.271 e. The van der Waals surface area contributed by atoms with Gasteiger partial charge in [0.2, 0.25) is 0 Å². The Morgan fingerprint density at radius 1 is 1.38 bits per heavy atom. The molecule has 4 heteroatoms. The second kappa shape index (κ2) is 5.66. The number of hydrazine groups is 1. The van der Waals surface area contributed by atoms with Gasteiger partial charge in [0.05, 0.1) is 6.04 Å². The molecule has 0 bridgehead atoms. The molecule has 1 fully saturated rings. The predicted octanol–water partition coefficient (Wildman–Crippen LogP) is 2.62. The van der Waals surface area contributed by atoms with Gasteiger partial charge in [0, 0.05) is 10.8 Å². The van der Waals surface area contributed by atoms with Gasteiger partial charge in [-0.25, -0.2) is 4.39 Å². The molecule has 3 N–H and O–H groups in total. The fraction of sp³-hybridized carbons (Fsp3) is 0.500. The fourth-order valence-electron chi connectivity index (χ4n) is 2.15. The van der Waals surface area contributed by atoms with Crippen LogP contribution in [-0.4, -0.2) is 11.0 Å². The average Bonchev–Trinajstić information content (AvgIpc) is 2.34. The third kappa shape index (κ3) is 2.56. The zero-order valence-corrected chi connectivity index (χ0v) is 9.97. The molecule has 1 aromatic rings. The summed E-state index contributed by atoms with van der Waals surface area (Å²) in [5, 5.41) is 0.385. The second-order valence-electron chi connectivity index (χ2n) is 4.07. The van der Waals surface area contributed by atoms with Gasteiger partial charge >= 0.3 is 0 Å². The summed E-state index contributed by atoms with van der Waals surface area (Å²) in [4.78, 5) is 0. The summed E-state index contributed by atoms with van der Waals surface area (Å²) in [5.74, 6) is 6.55. The van der Waals surface area contributed by atoms with E-state index in [1.54, 1.807) is 6.07 Å². The van der Waals surface area contributed by atoms with E-state index in [-0.39, 0.29) is 11.9 Å². The molecule has 2 unspecified atom stereocenters. The Bertz CT molecular complexity index is 340. The number of halogens is 1. The van der Waals surface area contributed by atoms with Gasteiger partial charge in [-0.2, -0.15) is 11.8 Å². The molecule has 2 nitrogen and oxygen atoms in total. The summed E-state index contributed by atoms with van der Waals surface area (Å²) >= 11 is 1.89. The van der Waals surface area contributed by atoms with E-state index in [9.17, 15) is 4.39 Å². The Labute approximate surface area is 99.8 Å². The first kappa shape index (κ1) is 11.9. The summed E-state index contributed by atoms with van der Waals surface area (Å²) < 4.78 is 13.7. The van der Waals surface area contributed by atoms with Crippen molar-refractivity contribution in [3.05, 3.63) is 35.6 Å². The first-order chi connectivity index (χ1) is 7.83. The van der Waals surface area contributed by atoms with Gasteiger partial charge in [-0.05, 0) is 24.7 Å². The SMILES string of the molecule is NNC(c1ccccc1F)C1CCCCS1. The van der Waals surface area contributed by atoms with Gasteiger partial charge in [-0.3, -0.25) is 11.3 Å². The molecule has 1 aromatic carbocycles. The molecule has 1 heterocycles. The Morgan fingerprint density at radius 3 is 2.81 bits per heavy atom. The Kier molecular flexibility index (Phi) is 4.21. The van der Waals surface area contributed by atoms with Crippen LogP contribution in [0, 0.1) is 5.82 Å². The third-order valence-corrected chi connectivity index (χ3v) is 4.47. The van der Waals surface area contributed by atoms with Crippen molar-refractivity contribution in [1.82, 2.24) is 5.43 Å². The summed E-state index contributed by atoms with van der Waals surface area (Å²) in [6.45, 7) is 0. The average molecular weight is 240 g/mol. The lowest BCUT2D eigenvalue weighted by molar-refractivity contribution is 0.469. The van der Waals surface area contributed by atoms with Crippen molar-refractivity contribution in [3.8, 4) is 0 Å². The molecule has 16 heavy (non-hydrogen) atoms. The minimum absolute atomic E-state index is 0.0773. The van der Waals surface area contributed by atoms with Crippen LogP contribution in [0.3, 0.4) is 0 Å². The lowest BCUT2D eigenvalue weighted by atomic mass is 9.99. The monoisotopic (exact) mass is 240 g/mol. The lowest BCUT2D eigenvalue weighted by Crippen LogP contribution is -2.36. The minimum Gasteiger partial charge on any atom is -0.271 e. The van der Waals surface area contributed by atoms with Gasteiger partial charge in [-0.15, -0.1) is 0 Å². The van der Waals surface area contributed by atoms with Gasteiger partial charge in [0.25, 0.3) is 0 Å². The van der Waals surface area contributed by atoms with Crippen molar-refractivity contribution < 1.29 is 4.39 Å². The van der Waals surface area contributed by atoms with Crippen molar-refractivity contribution in [2.75, 3.05) is 5.75 Å². The van der Waals surface area contributed by atoms with Crippen LogP contribution >= 0.6 is 11.8 Å². The van der Waals surface area contributed by atoms with E-state index < -0.39 is 0 Å². The van der Waals surface area contributed by atoms with E-state index in [0.29, 0.717) is 10.8 Å². The quantitative estimate of drug-likeness (QED) is 0.630. The zero-order chi connectivity index (χ0) is 11.4. The molecular weight excluding hydrogens is 223 g/mol. The highest BCUT2D eigenvalue weighted by molar-refractivity contribution is 8.00. The molecule has 0 spiro atoms. The molecule has 0 aliphatic carbocycles. The Morgan fingerprint density at radius 2 is 2.19 bits per heavy atom. The highest BCUT2D eigenvalue weighted by Crippen LogP contribution is 2.35. The zero-order valence-electron chi connectivity index (χ0n) is 9.16. The molecule has 1 aliphatic heterocycles. The molecule has 1 saturated heterocycles. The van der Waals surface area contributed by atoms with E-state index in [2.05, 4.69) is 5.43 Å². The molecule has 1 aliphatic rings. The van der Waals surface area contributed by atoms with E-state index in [1.165, 1.54) is 18.9 Å². The van der Waals surface area contributed by atoms with Crippen molar-refractivity contribution >= 4 is 11.8 Å². The highest BCUT2D eigenvalue weighted by atomic mass is 32.2. The fourth-order valence-corrected chi connectivity index (χ4v) is 3.58. The van der Waals surface area contributed by atoms with Crippen LogP contribution in [0.1, 0.15) is 30.9 Å². The Balaban J connectivity index is 2.18. The molecule has 0 amide bonds. The molecular formula is C12H17FN2S. The van der Waals surface area contributed by atoms with Crippen LogP contribution in [0.4, 0.5) is 4.39 Å². The number of hydrogen-bond donors (Lipinski definition) is 2. The van der Waals surface area contributed by atoms with Crippen LogP contribution in [0.5, 0.6) is 0 Å². The maximum Gasteiger partial charge on any atom is 0.128 e. The first-order valence-electron chi connectivity index (χ1n) is 5.65. The van der Waals surface area contributed by atoms with E-state index in [4.69, 9.17) is 5.84 Å². The number of rotatable bonds is 3. The van der Waals surface area contributed by atoms with Gasteiger partial charge in [0.1, 0.15) is 5.82 Å². The van der Waals surface area contributed by atoms with Gasteiger partial charge in [0.15, 0.2) is 0 Å². The topological polar surface area (TPSA) is 38.0 Å². The van der Waals surface area contributed by atoms with Crippen LogP contribution in [0.2, 0.25) is 0 Å². The lowest BCUT2D eigenvalue weighted by Gasteiger charge is -2.29. The maximum absolute atomic E-state index is 13.7. The third-order valence-electron chi connectivity index (χ3n) is 3.01. The van der Waals surface area contributed by atoms with Crippen molar-refractivity contribution in [1.29, 1.82) is 0 Å². The number of nitrogens with two attached hydrogens (primary N) is 1. The predicted molar refractivity (Wildman–Crippen MR) is 66.6 cm³/mol. The smallest absolute Gasteiger partial charge is 0.128 e. The number of hydrogen-bond acceptors (Lipinski definition) is 3. The van der Waals surface area contributed by atoms with E-state index >= 15 is 0 Å².